The molecule has 10 heteroatoms. The van der Waals surface area contributed by atoms with Gasteiger partial charge in [-0.1, -0.05) is 0 Å². The van der Waals surface area contributed by atoms with Crippen LogP contribution in [-0.4, -0.2) is 35.6 Å². The predicted molar refractivity (Wildman–Crippen MR) is 85.7 cm³/mol. The number of hydrogen-bond acceptors (Lipinski definition) is 5. The Morgan fingerprint density at radius 3 is 2.52 bits per heavy atom. The average molecular weight is 353 g/mol. The van der Waals surface area contributed by atoms with Crippen LogP contribution >= 0.6 is 0 Å². The van der Waals surface area contributed by atoms with Crippen LogP contribution in [0.2, 0.25) is 0 Å². The third-order valence-corrected chi connectivity index (χ3v) is 4.26. The quantitative estimate of drug-likeness (QED) is 0.489. The Bertz CT molecular complexity index is 880. The fraction of sp³-hybridized carbons (Fsp3) is 0.333. The first-order valence-electron chi connectivity index (χ1n) is 7.51. The first-order valence-corrected chi connectivity index (χ1v) is 7.51. The smallest absolute Gasteiger partial charge is 0.352 e. The van der Waals surface area contributed by atoms with Crippen molar-refractivity contribution in [2.75, 3.05) is 11.9 Å². The number of halogens is 3. The number of ether oxygens (including phenoxy) is 1. The van der Waals surface area contributed by atoms with Crippen LogP contribution in [0.25, 0.3) is 0 Å². The van der Waals surface area contributed by atoms with Gasteiger partial charge in [0.25, 0.3) is 0 Å². The maximum Gasteiger partial charge on any atom is 0.352 e. The summed E-state index contributed by atoms with van der Waals surface area (Å²) in [5, 5.41) is 10.4. The summed E-state index contributed by atoms with van der Waals surface area (Å²) in [4.78, 5) is 17.7. The highest BCUT2D eigenvalue weighted by molar-refractivity contribution is 6.13. The molecule has 0 bridgehead atoms. The van der Waals surface area contributed by atoms with Crippen molar-refractivity contribution in [3.63, 3.8) is 0 Å². The molecule has 6 nitrogen and oxygen atoms in total. The van der Waals surface area contributed by atoms with E-state index < -0.39 is 28.8 Å². The lowest BCUT2D eigenvalue weighted by Crippen LogP contribution is -2.35. The molecule has 1 aliphatic rings. The number of rotatable bonds is 3. The van der Waals surface area contributed by atoms with Crippen LogP contribution in [0, 0.1) is 17.5 Å². The fourth-order valence-corrected chi connectivity index (χ4v) is 2.69. The number of benzene rings is 1. The number of aromatic nitrogens is 2. The number of anilines is 1. The molecule has 0 aliphatic carbocycles. The molecule has 1 N–H and O–H groups in total. The maximum absolute atomic E-state index is 13.4. The lowest BCUT2D eigenvalue weighted by Gasteiger charge is -2.26. The molecular weight excluding hydrogens is 338 g/mol. The summed E-state index contributed by atoms with van der Waals surface area (Å²) in [6.45, 7) is 2.38. The Labute approximate surface area is 141 Å². The van der Waals surface area contributed by atoms with E-state index >= 15 is 0 Å². The second kappa shape index (κ2) is 5.80. The van der Waals surface area contributed by atoms with Gasteiger partial charge in [0, 0.05) is 31.3 Å². The van der Waals surface area contributed by atoms with E-state index in [1.165, 1.54) is 10.6 Å². The average Bonchev–Trinajstić information content (AvgIpc) is 2.80. The lowest BCUT2D eigenvalue weighted by molar-refractivity contribution is -0.0711. The van der Waals surface area contributed by atoms with Gasteiger partial charge in [0.05, 0.1) is 0 Å². The van der Waals surface area contributed by atoms with E-state index in [9.17, 15) is 23.1 Å². The van der Waals surface area contributed by atoms with Gasteiger partial charge in [-0.25, -0.2) is 18.0 Å². The maximum atomic E-state index is 13.4. The van der Waals surface area contributed by atoms with Crippen molar-refractivity contribution < 1.29 is 23.0 Å². The number of aliphatic hydroxyl groups is 1. The normalized spacial score (nSPS) is 18.8. The molecule has 0 fully saturated rings. The molecule has 2 aromatic rings. The van der Waals surface area contributed by atoms with Gasteiger partial charge in [-0.2, -0.15) is 4.98 Å². The minimum absolute atomic E-state index is 0.0746. The number of hydrogen-bond donors (Lipinski definition) is 1. The molecule has 3 rings (SSSR count). The van der Waals surface area contributed by atoms with Crippen LogP contribution in [-0.2, 0) is 12.2 Å². The molecule has 1 aromatic heterocycles. The van der Waals surface area contributed by atoms with Crippen LogP contribution < -0.4 is 15.3 Å². The Hall–Kier alpha value is -2.49. The van der Waals surface area contributed by atoms with Gasteiger partial charge in [0.1, 0.15) is 5.82 Å². The summed E-state index contributed by atoms with van der Waals surface area (Å²) in [7, 11) is 2.90. The van der Waals surface area contributed by atoms with Gasteiger partial charge in [0.15, 0.2) is 23.1 Å². The third kappa shape index (κ3) is 2.97. The van der Waals surface area contributed by atoms with Crippen LogP contribution in [0.3, 0.4) is 0 Å². The molecular formula is C15H15BF3N3O3. The van der Waals surface area contributed by atoms with Crippen molar-refractivity contribution in [1.82, 2.24) is 9.55 Å². The van der Waals surface area contributed by atoms with Crippen molar-refractivity contribution in [2.45, 2.75) is 25.2 Å². The van der Waals surface area contributed by atoms with E-state index in [1.54, 1.807) is 7.05 Å². The SMILES string of the molecule is BC(O)(Oc1cc2n(c(=O)n1)CC(C)N2C)c1cc(F)c(F)c(F)c1. The molecule has 2 unspecified atom stereocenters. The second-order valence-electron chi connectivity index (χ2n) is 6.14. The molecule has 1 aliphatic heterocycles. The van der Waals surface area contributed by atoms with E-state index in [0.29, 0.717) is 24.5 Å². The number of nitrogens with zero attached hydrogens (tertiary/aromatic N) is 3. The minimum Gasteiger partial charge on any atom is -0.450 e. The van der Waals surface area contributed by atoms with E-state index in [4.69, 9.17) is 4.74 Å². The standard InChI is InChI=1S/C15H15BF3N3O3/c1-7-6-22-12(21(7)2)5-11(20-14(22)23)25-15(16,24)8-3-9(17)13(19)10(18)4-8/h3-5,7,24H,6,16H2,1-2H3. The van der Waals surface area contributed by atoms with Gasteiger partial charge in [-0.15, -0.1) is 0 Å². The number of fused-ring (bicyclic) bond motifs is 1. The Morgan fingerprint density at radius 1 is 1.32 bits per heavy atom. The molecule has 0 amide bonds. The highest BCUT2D eigenvalue weighted by Gasteiger charge is 2.31. The number of likely N-dealkylation sites (N-methyl/N-ethyl adjacent to an activating group) is 1. The summed E-state index contributed by atoms with van der Waals surface area (Å²) >= 11 is 0. The van der Waals surface area contributed by atoms with Crippen molar-refractivity contribution in [1.29, 1.82) is 0 Å². The topological polar surface area (TPSA) is 67.6 Å². The minimum atomic E-state index is -2.23. The molecule has 132 valence electrons. The van der Waals surface area contributed by atoms with Gasteiger partial charge < -0.3 is 14.7 Å². The van der Waals surface area contributed by atoms with Crippen LogP contribution in [0.1, 0.15) is 12.5 Å². The summed E-state index contributed by atoms with van der Waals surface area (Å²) in [6.07, 6.45) is 0. The Kier molecular flexibility index (Phi) is 4.02. The summed E-state index contributed by atoms with van der Waals surface area (Å²) in [5.74, 6) is -4.25. The van der Waals surface area contributed by atoms with Crippen LogP contribution in [0.4, 0.5) is 19.0 Å². The largest absolute Gasteiger partial charge is 0.450 e. The summed E-state index contributed by atoms with van der Waals surface area (Å²) < 4.78 is 46.6. The van der Waals surface area contributed by atoms with E-state index in [0.717, 1.165) is 7.85 Å². The highest BCUT2D eigenvalue weighted by Crippen LogP contribution is 2.28. The zero-order valence-corrected chi connectivity index (χ0v) is 13.8. The first kappa shape index (κ1) is 17.3. The molecule has 0 saturated heterocycles. The summed E-state index contributed by atoms with van der Waals surface area (Å²) in [6, 6.07) is 2.75. The van der Waals surface area contributed by atoms with Gasteiger partial charge in [-0.3, -0.25) is 4.57 Å². The molecule has 1 aromatic carbocycles. The van der Waals surface area contributed by atoms with Gasteiger partial charge >= 0.3 is 5.69 Å². The molecule has 0 spiro atoms. The second-order valence-corrected chi connectivity index (χ2v) is 6.14. The summed E-state index contributed by atoms with van der Waals surface area (Å²) in [5.41, 5.74) is -3.15. The third-order valence-electron chi connectivity index (χ3n) is 4.26. The predicted octanol–water partition coefficient (Wildman–Crippen LogP) is 0.314. The van der Waals surface area contributed by atoms with Crippen molar-refractivity contribution >= 4 is 13.7 Å². The first-order chi connectivity index (χ1) is 11.6. The van der Waals surface area contributed by atoms with E-state index in [1.807, 2.05) is 11.8 Å². The van der Waals surface area contributed by atoms with Crippen LogP contribution in [0.5, 0.6) is 5.88 Å². The van der Waals surface area contributed by atoms with Crippen molar-refractivity contribution in [3.05, 3.63) is 51.7 Å². The Balaban J connectivity index is 1.97. The lowest BCUT2D eigenvalue weighted by atomic mass is 9.87. The Morgan fingerprint density at radius 2 is 1.92 bits per heavy atom. The fourth-order valence-electron chi connectivity index (χ4n) is 2.69. The molecule has 0 radical (unpaired) electrons. The highest BCUT2D eigenvalue weighted by atomic mass is 19.2. The van der Waals surface area contributed by atoms with Gasteiger partial charge in [0.2, 0.25) is 13.7 Å². The van der Waals surface area contributed by atoms with Crippen molar-refractivity contribution in [2.24, 2.45) is 0 Å². The zero-order chi connectivity index (χ0) is 18.5. The molecule has 25 heavy (non-hydrogen) atoms. The van der Waals surface area contributed by atoms with Crippen LogP contribution in [0.15, 0.2) is 23.0 Å². The van der Waals surface area contributed by atoms with Gasteiger partial charge in [-0.05, 0) is 19.1 Å². The molecule has 0 saturated carbocycles. The zero-order valence-electron chi connectivity index (χ0n) is 13.8. The monoisotopic (exact) mass is 353 g/mol. The molecule has 2 heterocycles. The van der Waals surface area contributed by atoms with Crippen molar-refractivity contribution in [3.8, 4) is 5.88 Å². The molecule has 2 atom stereocenters. The van der Waals surface area contributed by atoms with E-state index in [2.05, 4.69) is 4.98 Å². The van der Waals surface area contributed by atoms with E-state index in [-0.39, 0.29) is 17.5 Å².